The van der Waals surface area contributed by atoms with Crippen LogP contribution in [0.3, 0.4) is 0 Å². The minimum atomic E-state index is -0.190. The van der Waals surface area contributed by atoms with Gasteiger partial charge in [-0.25, -0.2) is 0 Å². The number of likely N-dealkylation sites (tertiary alicyclic amines) is 2. The Morgan fingerprint density at radius 1 is 1.31 bits per heavy atom. The van der Waals surface area contributed by atoms with E-state index in [0.29, 0.717) is 43.6 Å². The first-order valence-corrected chi connectivity index (χ1v) is 9.79. The largest absolute Gasteiger partial charge is 0.371 e. The van der Waals surface area contributed by atoms with E-state index >= 15 is 0 Å². The zero-order chi connectivity index (χ0) is 17.7. The Hall–Kier alpha value is -1.89. The Morgan fingerprint density at radius 3 is 2.81 bits per heavy atom. The predicted molar refractivity (Wildman–Crippen MR) is 91.6 cm³/mol. The zero-order valence-corrected chi connectivity index (χ0v) is 15.0. The van der Waals surface area contributed by atoms with Gasteiger partial charge < -0.3 is 19.1 Å². The Kier molecular flexibility index (Phi) is 3.81. The van der Waals surface area contributed by atoms with Gasteiger partial charge in [0.15, 0.2) is 5.69 Å². The highest BCUT2D eigenvalue weighted by Crippen LogP contribution is 2.41. The van der Waals surface area contributed by atoms with Gasteiger partial charge in [-0.1, -0.05) is 5.16 Å². The normalized spacial score (nSPS) is 27.8. The predicted octanol–water partition coefficient (Wildman–Crippen LogP) is 1.80. The molecule has 3 aliphatic heterocycles. The van der Waals surface area contributed by atoms with Crippen molar-refractivity contribution in [2.45, 2.75) is 50.0 Å². The standard InChI is InChI=1S/C19H25N3O4/c23-17-2-1-7-21(17)9-13-5-6-19(25-10-13)11-22(12-19)18(24)15-8-16(26-20-15)14-3-4-14/h8,13-14H,1-7,9-12H2/t13-/m1/s1. The summed E-state index contributed by atoms with van der Waals surface area (Å²) in [7, 11) is 0. The molecule has 1 aliphatic carbocycles. The summed E-state index contributed by atoms with van der Waals surface area (Å²) < 4.78 is 11.4. The summed E-state index contributed by atoms with van der Waals surface area (Å²) in [5, 5.41) is 3.95. The maximum Gasteiger partial charge on any atom is 0.276 e. The van der Waals surface area contributed by atoms with Crippen molar-refractivity contribution in [1.29, 1.82) is 0 Å². The fourth-order valence-corrected chi connectivity index (χ4v) is 4.42. The number of aromatic nitrogens is 1. The monoisotopic (exact) mass is 359 g/mol. The summed E-state index contributed by atoms with van der Waals surface area (Å²) in [6.07, 6.45) is 5.95. The smallest absolute Gasteiger partial charge is 0.276 e. The summed E-state index contributed by atoms with van der Waals surface area (Å²) in [5.74, 6) is 1.96. The molecule has 1 aromatic heterocycles. The second-order valence-corrected chi connectivity index (χ2v) is 8.39. The van der Waals surface area contributed by atoms with Crippen LogP contribution in [0.15, 0.2) is 10.6 Å². The molecule has 2 amide bonds. The molecule has 5 rings (SSSR count). The van der Waals surface area contributed by atoms with E-state index in [4.69, 9.17) is 9.26 Å². The number of rotatable bonds is 4. The molecule has 0 bridgehead atoms. The first-order chi connectivity index (χ1) is 12.6. The van der Waals surface area contributed by atoms with Gasteiger partial charge in [0.25, 0.3) is 5.91 Å². The molecule has 7 nitrogen and oxygen atoms in total. The molecule has 1 atom stereocenters. The lowest BCUT2D eigenvalue weighted by Crippen LogP contribution is -2.66. The van der Waals surface area contributed by atoms with Gasteiger partial charge in [-0.15, -0.1) is 0 Å². The van der Waals surface area contributed by atoms with Crippen LogP contribution in [0, 0.1) is 5.92 Å². The molecule has 4 fully saturated rings. The minimum Gasteiger partial charge on any atom is -0.371 e. The Morgan fingerprint density at radius 2 is 2.15 bits per heavy atom. The average Bonchev–Trinajstić information content (AvgIpc) is 3.21. The second kappa shape index (κ2) is 6.08. The molecule has 0 radical (unpaired) electrons. The number of amides is 2. The van der Waals surface area contributed by atoms with E-state index in [9.17, 15) is 9.59 Å². The van der Waals surface area contributed by atoms with Gasteiger partial charge >= 0.3 is 0 Å². The molecular weight excluding hydrogens is 334 g/mol. The van der Waals surface area contributed by atoms with Crippen LogP contribution in [0.1, 0.15) is 60.7 Å². The minimum absolute atomic E-state index is 0.0559. The molecule has 0 N–H and O–H groups in total. The summed E-state index contributed by atoms with van der Waals surface area (Å²) >= 11 is 0. The molecule has 1 spiro atoms. The highest BCUT2D eigenvalue weighted by Gasteiger charge is 2.49. The fraction of sp³-hybridized carbons (Fsp3) is 0.737. The van der Waals surface area contributed by atoms with Crippen molar-refractivity contribution in [1.82, 2.24) is 15.0 Å². The number of nitrogens with zero attached hydrogens (tertiary/aromatic N) is 3. The SMILES string of the molecule is O=C1CCCN1C[C@H]1CCC2(CN(C(=O)c3cc(C4CC4)on3)C2)OC1. The number of carbonyl (C=O) groups excluding carboxylic acids is 2. The number of ether oxygens (including phenoxy) is 1. The molecule has 3 saturated heterocycles. The molecule has 4 heterocycles. The van der Waals surface area contributed by atoms with Crippen LogP contribution in [0.5, 0.6) is 0 Å². The van der Waals surface area contributed by atoms with Crippen LogP contribution in [0.25, 0.3) is 0 Å². The highest BCUT2D eigenvalue weighted by molar-refractivity contribution is 5.93. The molecule has 0 aromatic carbocycles. The third-order valence-corrected chi connectivity index (χ3v) is 6.26. The third kappa shape index (κ3) is 2.92. The molecule has 4 aliphatic rings. The molecule has 1 saturated carbocycles. The van der Waals surface area contributed by atoms with Gasteiger partial charge in [0.05, 0.1) is 19.7 Å². The molecular formula is C19H25N3O4. The van der Waals surface area contributed by atoms with Crippen LogP contribution < -0.4 is 0 Å². The van der Waals surface area contributed by atoms with Crippen molar-refractivity contribution < 1.29 is 18.8 Å². The van der Waals surface area contributed by atoms with Crippen molar-refractivity contribution in [2.75, 3.05) is 32.8 Å². The van der Waals surface area contributed by atoms with E-state index < -0.39 is 0 Å². The van der Waals surface area contributed by atoms with Crippen molar-refractivity contribution in [3.05, 3.63) is 17.5 Å². The lowest BCUT2D eigenvalue weighted by atomic mass is 9.82. The number of carbonyl (C=O) groups is 2. The lowest BCUT2D eigenvalue weighted by molar-refractivity contribution is -0.169. The maximum absolute atomic E-state index is 12.5. The Balaban J connectivity index is 1.12. The highest BCUT2D eigenvalue weighted by atomic mass is 16.5. The van der Waals surface area contributed by atoms with Crippen molar-refractivity contribution in [2.24, 2.45) is 5.92 Å². The summed E-state index contributed by atoms with van der Waals surface area (Å²) in [6, 6.07) is 1.80. The molecule has 140 valence electrons. The van der Waals surface area contributed by atoms with Gasteiger partial charge in [0, 0.05) is 37.4 Å². The summed E-state index contributed by atoms with van der Waals surface area (Å²) in [5.41, 5.74) is 0.229. The van der Waals surface area contributed by atoms with Gasteiger partial charge in [-0.3, -0.25) is 9.59 Å². The van der Waals surface area contributed by atoms with E-state index in [1.807, 2.05) is 4.90 Å². The summed E-state index contributed by atoms with van der Waals surface area (Å²) in [4.78, 5) is 28.1. The van der Waals surface area contributed by atoms with E-state index in [1.54, 1.807) is 11.0 Å². The fourth-order valence-electron chi connectivity index (χ4n) is 4.42. The van der Waals surface area contributed by atoms with Gasteiger partial charge in [-0.05, 0) is 32.1 Å². The second-order valence-electron chi connectivity index (χ2n) is 8.39. The van der Waals surface area contributed by atoms with Crippen molar-refractivity contribution >= 4 is 11.8 Å². The number of hydrogen-bond acceptors (Lipinski definition) is 5. The molecule has 7 heteroatoms. The topological polar surface area (TPSA) is 75.9 Å². The molecule has 1 aromatic rings. The van der Waals surface area contributed by atoms with Crippen LogP contribution in [-0.2, 0) is 9.53 Å². The van der Waals surface area contributed by atoms with E-state index in [2.05, 4.69) is 5.16 Å². The summed E-state index contributed by atoms with van der Waals surface area (Å²) in [6.45, 7) is 3.66. The van der Waals surface area contributed by atoms with Crippen molar-refractivity contribution in [3.8, 4) is 0 Å². The van der Waals surface area contributed by atoms with E-state index in [-0.39, 0.29) is 17.4 Å². The van der Waals surface area contributed by atoms with Crippen LogP contribution in [0.4, 0.5) is 0 Å². The number of hydrogen-bond donors (Lipinski definition) is 0. The Labute approximate surface area is 152 Å². The van der Waals surface area contributed by atoms with Crippen LogP contribution in [-0.4, -0.2) is 65.2 Å². The molecule has 26 heavy (non-hydrogen) atoms. The zero-order valence-electron chi connectivity index (χ0n) is 15.0. The first kappa shape index (κ1) is 16.3. The van der Waals surface area contributed by atoms with Crippen LogP contribution in [0.2, 0.25) is 0 Å². The third-order valence-electron chi connectivity index (χ3n) is 6.26. The Bertz CT molecular complexity index is 710. The van der Waals surface area contributed by atoms with Gasteiger partial charge in [0.2, 0.25) is 5.91 Å². The first-order valence-electron chi connectivity index (χ1n) is 9.79. The molecule has 0 unspecified atom stereocenters. The van der Waals surface area contributed by atoms with Crippen LogP contribution >= 0.6 is 0 Å². The van der Waals surface area contributed by atoms with Gasteiger partial charge in [-0.2, -0.15) is 0 Å². The van der Waals surface area contributed by atoms with Crippen molar-refractivity contribution in [3.63, 3.8) is 0 Å². The maximum atomic E-state index is 12.5. The van der Waals surface area contributed by atoms with Gasteiger partial charge in [0.1, 0.15) is 11.4 Å². The van der Waals surface area contributed by atoms with E-state index in [0.717, 1.165) is 51.0 Å². The lowest BCUT2D eigenvalue weighted by Gasteiger charge is -2.52. The average molecular weight is 359 g/mol. The quantitative estimate of drug-likeness (QED) is 0.819. The van der Waals surface area contributed by atoms with E-state index in [1.165, 1.54) is 0 Å².